The Morgan fingerprint density at radius 1 is 0.962 bits per heavy atom. The predicted molar refractivity (Wildman–Crippen MR) is 108 cm³/mol. The Labute approximate surface area is 159 Å². The Bertz CT molecular complexity index is 443. The van der Waals surface area contributed by atoms with Gasteiger partial charge in [-0.15, -0.1) is 0 Å². The zero-order chi connectivity index (χ0) is 18.9. The van der Waals surface area contributed by atoms with Gasteiger partial charge >= 0.3 is 0 Å². The number of unbranched alkanes of at least 4 members (excludes halogenated alkanes) is 4. The average molecular weight is 364 g/mol. The molecule has 26 heavy (non-hydrogen) atoms. The summed E-state index contributed by atoms with van der Waals surface area (Å²) in [6, 6.07) is 0. The molecule has 2 N–H and O–H groups in total. The van der Waals surface area contributed by atoms with E-state index in [4.69, 9.17) is 9.84 Å². The Morgan fingerprint density at radius 3 is 2.35 bits per heavy atom. The first-order valence-corrected chi connectivity index (χ1v) is 10.3. The molecule has 4 nitrogen and oxygen atoms in total. The summed E-state index contributed by atoms with van der Waals surface area (Å²) in [4.78, 5) is 11.3. The molecule has 0 aromatic rings. The van der Waals surface area contributed by atoms with Crippen LogP contribution in [0.25, 0.3) is 0 Å². The molecule has 0 radical (unpaired) electrons. The topological polar surface area (TPSA) is 61.9 Å². The summed E-state index contributed by atoms with van der Waals surface area (Å²) in [5.41, 5.74) is 0. The maximum absolute atomic E-state index is 11.3. The highest BCUT2D eigenvalue weighted by Crippen LogP contribution is 2.29. The lowest BCUT2D eigenvalue weighted by Gasteiger charge is -2.00. The van der Waals surface area contributed by atoms with Gasteiger partial charge in [0.15, 0.2) is 0 Å². The van der Waals surface area contributed by atoms with Crippen molar-refractivity contribution in [2.45, 2.75) is 83.3 Å². The Hall–Kier alpha value is -1.39. The third kappa shape index (κ3) is 12.9. The van der Waals surface area contributed by atoms with Crippen LogP contribution in [-0.2, 0) is 9.53 Å². The van der Waals surface area contributed by atoms with Crippen molar-refractivity contribution in [3.8, 4) is 0 Å². The number of hydrogen-bond donors (Lipinski definition) is 2. The normalized spacial score (nSPS) is 19.8. The van der Waals surface area contributed by atoms with Gasteiger partial charge < -0.3 is 15.2 Å². The van der Waals surface area contributed by atoms with E-state index in [0.717, 1.165) is 32.1 Å². The number of carbonyl (C=O) groups is 1. The maximum atomic E-state index is 11.3. The fraction of sp³-hybridized carbons (Fsp3) is 0.682. The summed E-state index contributed by atoms with van der Waals surface area (Å²) in [5, 5.41) is 11.3. The van der Waals surface area contributed by atoms with Crippen molar-refractivity contribution < 1.29 is 14.6 Å². The number of hydrogen-bond acceptors (Lipinski definition) is 3. The smallest absolute Gasteiger partial charge is 0.220 e. The van der Waals surface area contributed by atoms with Crippen LogP contribution in [0.15, 0.2) is 36.5 Å². The molecule has 1 saturated heterocycles. The molecule has 148 valence electrons. The number of nitrogens with one attached hydrogen (secondary N) is 1. The van der Waals surface area contributed by atoms with Gasteiger partial charge in [0.25, 0.3) is 0 Å². The van der Waals surface area contributed by atoms with Crippen LogP contribution in [0.2, 0.25) is 0 Å². The first-order chi connectivity index (χ1) is 12.8. The molecule has 4 heteroatoms. The van der Waals surface area contributed by atoms with Crippen LogP contribution in [-0.4, -0.2) is 36.4 Å². The molecule has 1 heterocycles. The van der Waals surface area contributed by atoms with Gasteiger partial charge in [0.2, 0.25) is 5.91 Å². The van der Waals surface area contributed by atoms with Gasteiger partial charge in [0.05, 0.1) is 18.8 Å². The van der Waals surface area contributed by atoms with Crippen molar-refractivity contribution in [3.05, 3.63) is 36.5 Å². The average Bonchev–Trinajstić information content (AvgIpc) is 3.39. The van der Waals surface area contributed by atoms with Gasteiger partial charge in [-0.05, 0) is 44.9 Å². The van der Waals surface area contributed by atoms with Crippen LogP contribution in [0.1, 0.15) is 71.1 Å². The minimum atomic E-state index is -0.000859. The lowest BCUT2D eigenvalue weighted by atomic mass is 10.1. The standard InChI is InChI=1S/C22H37NO3/c1-2-3-4-5-6-7-8-9-12-15-20-21(26-20)16-13-10-11-14-17-22(25)23-18-19-24/h6-7,9-10,12-13,20-21,24H,2-5,8,11,14-19H2,1H3,(H,23,25)/b7-6-,12-9-,13-10-. The zero-order valence-electron chi connectivity index (χ0n) is 16.4. The molecule has 0 saturated carbocycles. The number of carbonyl (C=O) groups excluding carboxylic acids is 1. The highest BCUT2D eigenvalue weighted by atomic mass is 16.6. The molecule has 0 aromatic heterocycles. The fourth-order valence-corrected chi connectivity index (χ4v) is 2.74. The van der Waals surface area contributed by atoms with E-state index in [-0.39, 0.29) is 12.5 Å². The van der Waals surface area contributed by atoms with Gasteiger partial charge in [-0.1, -0.05) is 56.2 Å². The number of allylic oxidation sites excluding steroid dienone is 4. The van der Waals surface area contributed by atoms with Crippen LogP contribution in [0.3, 0.4) is 0 Å². The van der Waals surface area contributed by atoms with Crippen LogP contribution in [0, 0.1) is 0 Å². The van der Waals surface area contributed by atoms with Crippen molar-refractivity contribution in [2.24, 2.45) is 0 Å². The highest BCUT2D eigenvalue weighted by molar-refractivity contribution is 5.75. The summed E-state index contributed by atoms with van der Waals surface area (Å²) >= 11 is 0. The minimum Gasteiger partial charge on any atom is -0.395 e. The molecular weight excluding hydrogens is 326 g/mol. The van der Waals surface area contributed by atoms with Crippen LogP contribution < -0.4 is 5.32 Å². The molecular formula is C22H37NO3. The van der Waals surface area contributed by atoms with Gasteiger partial charge in [-0.3, -0.25) is 4.79 Å². The molecule has 1 amide bonds. The third-order valence-corrected chi connectivity index (χ3v) is 4.38. The van der Waals surface area contributed by atoms with Gasteiger partial charge in [-0.25, -0.2) is 0 Å². The molecule has 1 fully saturated rings. The van der Waals surface area contributed by atoms with E-state index < -0.39 is 0 Å². The quantitative estimate of drug-likeness (QED) is 0.242. The van der Waals surface area contributed by atoms with Crippen molar-refractivity contribution >= 4 is 5.91 Å². The Morgan fingerprint density at radius 2 is 1.62 bits per heavy atom. The molecule has 1 aliphatic rings. The molecule has 0 spiro atoms. The third-order valence-electron chi connectivity index (χ3n) is 4.38. The maximum Gasteiger partial charge on any atom is 0.220 e. The predicted octanol–water partition coefficient (Wildman–Crippen LogP) is 4.45. The summed E-state index contributed by atoms with van der Waals surface area (Å²) in [7, 11) is 0. The van der Waals surface area contributed by atoms with E-state index in [0.29, 0.717) is 25.2 Å². The summed E-state index contributed by atoms with van der Waals surface area (Å²) in [5.74, 6) is 0.0145. The number of aliphatic hydroxyl groups is 1. The number of amides is 1. The SMILES string of the molecule is CCCCC/C=C\C/C=C\CC1OC1C/C=C\CCCC(=O)NCCO. The Kier molecular flexibility index (Phi) is 13.8. The lowest BCUT2D eigenvalue weighted by molar-refractivity contribution is -0.121. The van der Waals surface area contributed by atoms with Crippen molar-refractivity contribution in [3.63, 3.8) is 0 Å². The molecule has 2 unspecified atom stereocenters. The molecule has 0 aromatic carbocycles. The van der Waals surface area contributed by atoms with Gasteiger partial charge in [0, 0.05) is 13.0 Å². The summed E-state index contributed by atoms with van der Waals surface area (Å²) < 4.78 is 5.67. The Balaban J connectivity index is 1.92. The van der Waals surface area contributed by atoms with Crippen LogP contribution in [0.5, 0.6) is 0 Å². The van der Waals surface area contributed by atoms with Crippen molar-refractivity contribution in [1.29, 1.82) is 0 Å². The molecule has 1 rings (SSSR count). The molecule has 2 atom stereocenters. The minimum absolute atomic E-state index is 0.000859. The van der Waals surface area contributed by atoms with E-state index in [9.17, 15) is 4.79 Å². The summed E-state index contributed by atoms with van der Waals surface area (Å²) in [6.45, 7) is 2.58. The van der Waals surface area contributed by atoms with E-state index in [1.807, 2.05) is 0 Å². The van der Waals surface area contributed by atoms with Gasteiger partial charge in [-0.2, -0.15) is 0 Å². The largest absolute Gasteiger partial charge is 0.395 e. The second-order valence-corrected chi connectivity index (χ2v) is 6.80. The summed E-state index contributed by atoms with van der Waals surface area (Å²) in [6.07, 6.45) is 24.4. The fourth-order valence-electron chi connectivity index (χ4n) is 2.74. The van der Waals surface area contributed by atoms with Crippen LogP contribution >= 0.6 is 0 Å². The van der Waals surface area contributed by atoms with Gasteiger partial charge in [0.1, 0.15) is 0 Å². The first kappa shape index (κ1) is 22.7. The van der Waals surface area contributed by atoms with Crippen LogP contribution in [0.4, 0.5) is 0 Å². The van der Waals surface area contributed by atoms with Crippen molar-refractivity contribution in [2.75, 3.05) is 13.2 Å². The number of rotatable bonds is 16. The number of aliphatic hydroxyl groups excluding tert-OH is 1. The number of ether oxygens (including phenoxy) is 1. The highest BCUT2D eigenvalue weighted by Gasteiger charge is 2.35. The van der Waals surface area contributed by atoms with E-state index in [1.165, 1.54) is 25.7 Å². The second kappa shape index (κ2) is 15.8. The van der Waals surface area contributed by atoms with E-state index in [1.54, 1.807) is 0 Å². The van der Waals surface area contributed by atoms with E-state index >= 15 is 0 Å². The first-order valence-electron chi connectivity index (χ1n) is 10.3. The lowest BCUT2D eigenvalue weighted by Crippen LogP contribution is -2.25. The second-order valence-electron chi connectivity index (χ2n) is 6.80. The van der Waals surface area contributed by atoms with E-state index in [2.05, 4.69) is 48.7 Å². The molecule has 0 aliphatic carbocycles. The number of epoxide rings is 1. The molecule has 0 bridgehead atoms. The molecule has 1 aliphatic heterocycles. The monoisotopic (exact) mass is 363 g/mol. The van der Waals surface area contributed by atoms with Crippen molar-refractivity contribution in [1.82, 2.24) is 5.32 Å². The zero-order valence-corrected chi connectivity index (χ0v) is 16.4.